The van der Waals surface area contributed by atoms with Crippen molar-refractivity contribution >= 4 is 0 Å². The third-order valence-corrected chi connectivity index (χ3v) is 1.87. The van der Waals surface area contributed by atoms with E-state index >= 15 is 0 Å². The molecule has 16 heavy (non-hydrogen) atoms. The Morgan fingerprint density at radius 2 is 1.94 bits per heavy atom. The van der Waals surface area contributed by atoms with Gasteiger partial charge in [-0.1, -0.05) is 0 Å². The van der Waals surface area contributed by atoms with Gasteiger partial charge in [-0.2, -0.15) is 18.4 Å². The van der Waals surface area contributed by atoms with E-state index < -0.39 is 29.4 Å². The zero-order valence-electron chi connectivity index (χ0n) is 7.94. The van der Waals surface area contributed by atoms with Crippen LogP contribution in [-0.4, -0.2) is 4.98 Å². The van der Waals surface area contributed by atoms with Crippen LogP contribution in [0.15, 0.2) is 6.07 Å². The maximum atomic E-state index is 12.4. The molecule has 0 spiro atoms. The molecule has 1 heterocycles. The molecule has 1 aromatic rings. The number of nitrogens with zero attached hydrogens (tertiary/aromatic N) is 2. The third kappa shape index (κ3) is 2.27. The van der Waals surface area contributed by atoms with Crippen molar-refractivity contribution in [2.24, 2.45) is 0 Å². The predicted octanol–water partition coefficient (Wildman–Crippen LogP) is 3.22. The lowest BCUT2D eigenvalue weighted by Gasteiger charge is -2.11. The first-order valence-electron chi connectivity index (χ1n) is 4.04. The minimum atomic E-state index is -4.80. The molecule has 1 rings (SSSR count). The molecule has 0 atom stereocenters. The van der Waals surface area contributed by atoms with Gasteiger partial charge in [-0.25, -0.2) is 13.8 Å². The largest absolute Gasteiger partial charge is 0.433 e. The topological polar surface area (TPSA) is 36.7 Å². The van der Waals surface area contributed by atoms with E-state index in [1.54, 1.807) is 0 Å². The van der Waals surface area contributed by atoms with E-state index in [9.17, 15) is 22.0 Å². The SMILES string of the molecule is Cc1nc(C(F)(F)F)cc(C(F)F)c1C#N. The summed E-state index contributed by atoms with van der Waals surface area (Å²) in [6, 6.07) is 1.62. The number of rotatable bonds is 1. The highest BCUT2D eigenvalue weighted by Crippen LogP contribution is 2.32. The highest BCUT2D eigenvalue weighted by molar-refractivity contribution is 5.42. The maximum absolute atomic E-state index is 12.4. The summed E-state index contributed by atoms with van der Waals surface area (Å²) >= 11 is 0. The standard InChI is InChI=1S/C9H5F5N2/c1-4-6(3-15)5(8(10)11)2-7(16-4)9(12,13)14/h2,8H,1H3. The summed E-state index contributed by atoms with van der Waals surface area (Å²) < 4.78 is 61.6. The maximum Gasteiger partial charge on any atom is 0.433 e. The van der Waals surface area contributed by atoms with Gasteiger partial charge in [0.15, 0.2) is 0 Å². The molecule has 0 aliphatic heterocycles. The van der Waals surface area contributed by atoms with Crippen molar-refractivity contribution < 1.29 is 22.0 Å². The van der Waals surface area contributed by atoms with Crippen LogP contribution < -0.4 is 0 Å². The average Bonchev–Trinajstić information content (AvgIpc) is 2.14. The second kappa shape index (κ2) is 4.04. The molecule has 0 N–H and O–H groups in total. The fraction of sp³-hybridized carbons (Fsp3) is 0.333. The molecule has 1 aromatic heterocycles. The molecule has 0 aliphatic rings. The first-order chi connectivity index (χ1) is 7.27. The summed E-state index contributed by atoms with van der Waals surface area (Å²) in [7, 11) is 0. The molecule has 0 saturated carbocycles. The van der Waals surface area contributed by atoms with Gasteiger partial charge in [-0.3, -0.25) is 0 Å². The van der Waals surface area contributed by atoms with Gasteiger partial charge in [0.2, 0.25) is 0 Å². The number of halogens is 5. The minimum absolute atomic E-state index is 0.205. The van der Waals surface area contributed by atoms with E-state index in [-0.39, 0.29) is 11.8 Å². The first-order valence-corrected chi connectivity index (χ1v) is 4.04. The number of alkyl halides is 5. The van der Waals surface area contributed by atoms with Crippen molar-refractivity contribution in [3.63, 3.8) is 0 Å². The molecule has 0 unspecified atom stereocenters. The average molecular weight is 236 g/mol. The molecular weight excluding hydrogens is 231 g/mol. The van der Waals surface area contributed by atoms with Crippen LogP contribution >= 0.6 is 0 Å². The Hall–Kier alpha value is -1.71. The van der Waals surface area contributed by atoms with E-state index in [1.807, 2.05) is 0 Å². The van der Waals surface area contributed by atoms with Crippen molar-refractivity contribution in [1.82, 2.24) is 4.98 Å². The first kappa shape index (κ1) is 12.4. The second-order valence-electron chi connectivity index (χ2n) is 2.97. The number of nitriles is 1. The lowest BCUT2D eigenvalue weighted by Crippen LogP contribution is -2.11. The Kier molecular flexibility index (Phi) is 3.12. The molecule has 0 radical (unpaired) electrons. The van der Waals surface area contributed by atoms with E-state index in [0.717, 1.165) is 6.92 Å². The van der Waals surface area contributed by atoms with E-state index in [4.69, 9.17) is 5.26 Å². The number of aryl methyl sites for hydroxylation is 1. The smallest absolute Gasteiger partial charge is 0.247 e. The highest BCUT2D eigenvalue weighted by Gasteiger charge is 2.34. The van der Waals surface area contributed by atoms with E-state index in [1.165, 1.54) is 6.07 Å². The fourth-order valence-corrected chi connectivity index (χ4v) is 1.16. The van der Waals surface area contributed by atoms with Crippen LogP contribution in [0.2, 0.25) is 0 Å². The van der Waals surface area contributed by atoms with Gasteiger partial charge in [-0.15, -0.1) is 0 Å². The van der Waals surface area contributed by atoms with Crippen LogP contribution in [0.4, 0.5) is 22.0 Å². The molecule has 86 valence electrons. The van der Waals surface area contributed by atoms with Crippen molar-refractivity contribution in [3.8, 4) is 6.07 Å². The third-order valence-electron chi connectivity index (χ3n) is 1.87. The zero-order valence-corrected chi connectivity index (χ0v) is 7.94. The molecule has 0 aliphatic carbocycles. The Labute approximate surface area is 87.3 Å². The number of hydrogen-bond acceptors (Lipinski definition) is 2. The van der Waals surface area contributed by atoms with Crippen LogP contribution in [0.3, 0.4) is 0 Å². The Morgan fingerprint density at radius 1 is 1.38 bits per heavy atom. The van der Waals surface area contributed by atoms with Crippen LogP contribution in [0.25, 0.3) is 0 Å². The number of hydrogen-bond donors (Lipinski definition) is 0. The molecular formula is C9H5F5N2. The summed E-state index contributed by atoms with van der Waals surface area (Å²) in [5, 5.41) is 8.54. The minimum Gasteiger partial charge on any atom is -0.247 e. The van der Waals surface area contributed by atoms with Crippen molar-refractivity contribution in [3.05, 3.63) is 28.6 Å². The highest BCUT2D eigenvalue weighted by atomic mass is 19.4. The Bertz CT molecular complexity index is 444. The van der Waals surface area contributed by atoms with Crippen LogP contribution in [-0.2, 0) is 6.18 Å². The molecule has 0 amide bonds. The number of pyridine rings is 1. The monoisotopic (exact) mass is 236 g/mol. The van der Waals surface area contributed by atoms with Crippen LogP contribution in [0, 0.1) is 18.3 Å². The van der Waals surface area contributed by atoms with Crippen LogP contribution in [0.5, 0.6) is 0 Å². The van der Waals surface area contributed by atoms with Gasteiger partial charge in [0.05, 0.1) is 11.3 Å². The van der Waals surface area contributed by atoms with Crippen molar-refractivity contribution in [2.45, 2.75) is 19.5 Å². The molecule has 0 saturated heterocycles. The summed E-state index contributed by atoms with van der Waals surface area (Å²) in [6.07, 6.45) is -7.94. The fourth-order valence-electron chi connectivity index (χ4n) is 1.16. The van der Waals surface area contributed by atoms with Gasteiger partial charge >= 0.3 is 6.18 Å². The zero-order chi connectivity index (χ0) is 12.5. The van der Waals surface area contributed by atoms with E-state index in [2.05, 4.69) is 4.98 Å². The quantitative estimate of drug-likeness (QED) is 0.702. The van der Waals surface area contributed by atoms with Gasteiger partial charge < -0.3 is 0 Å². The second-order valence-corrected chi connectivity index (χ2v) is 2.97. The molecule has 0 bridgehead atoms. The van der Waals surface area contributed by atoms with Gasteiger partial charge in [-0.05, 0) is 13.0 Å². The lowest BCUT2D eigenvalue weighted by atomic mass is 10.1. The molecule has 7 heteroatoms. The van der Waals surface area contributed by atoms with Gasteiger partial charge in [0.1, 0.15) is 11.8 Å². The Morgan fingerprint density at radius 3 is 2.31 bits per heavy atom. The van der Waals surface area contributed by atoms with Gasteiger partial charge in [0.25, 0.3) is 6.43 Å². The van der Waals surface area contributed by atoms with E-state index in [0.29, 0.717) is 0 Å². The number of aromatic nitrogens is 1. The van der Waals surface area contributed by atoms with Gasteiger partial charge in [0, 0.05) is 5.56 Å². The van der Waals surface area contributed by atoms with Crippen LogP contribution in [0.1, 0.15) is 28.9 Å². The molecule has 0 fully saturated rings. The lowest BCUT2D eigenvalue weighted by molar-refractivity contribution is -0.141. The molecule has 2 nitrogen and oxygen atoms in total. The summed E-state index contributed by atoms with van der Waals surface area (Å²) in [5.41, 5.74) is -3.22. The Balaban J connectivity index is 3.48. The summed E-state index contributed by atoms with van der Waals surface area (Å²) in [6.45, 7) is 1.08. The predicted molar refractivity (Wildman–Crippen MR) is 43.6 cm³/mol. The van der Waals surface area contributed by atoms with Crippen molar-refractivity contribution in [2.75, 3.05) is 0 Å². The van der Waals surface area contributed by atoms with Crippen molar-refractivity contribution in [1.29, 1.82) is 5.26 Å². The normalized spacial score (nSPS) is 11.6. The summed E-state index contributed by atoms with van der Waals surface area (Å²) in [5.74, 6) is 0. The summed E-state index contributed by atoms with van der Waals surface area (Å²) in [4.78, 5) is 3.08. The molecule has 0 aromatic carbocycles.